The first-order valence-electron chi connectivity index (χ1n) is 22.5. The normalized spacial score (nSPS) is 41.8. The third kappa shape index (κ3) is 3.38. The van der Waals surface area contributed by atoms with Crippen molar-refractivity contribution in [3.05, 3.63) is 214 Å². The van der Waals surface area contributed by atoms with E-state index in [1.807, 2.05) is 24.3 Å². The van der Waals surface area contributed by atoms with Crippen LogP contribution in [0.15, 0.2) is 170 Å². The largest absolute Gasteiger partial charge is 0.383 e. The van der Waals surface area contributed by atoms with E-state index >= 15 is 9.59 Å². The van der Waals surface area contributed by atoms with Gasteiger partial charge in [0.1, 0.15) is 33.2 Å². The zero-order chi connectivity index (χ0) is 41.7. The Balaban J connectivity index is 1.05. The number of hydrogen-bond donors (Lipinski definition) is 0. The molecular formula is C55H43NO7. The Hall–Kier alpha value is -5.74. The third-order valence-corrected chi connectivity index (χ3v) is 17.6. The highest BCUT2D eigenvalue weighted by atomic mass is 16.6. The summed E-state index contributed by atoms with van der Waals surface area (Å²) in [4.78, 5) is 34.2. The number of amides is 2. The average Bonchev–Trinajstić information content (AvgIpc) is 4.23. The predicted octanol–water partition coefficient (Wildman–Crippen LogP) is 7.46. The number of methoxy groups -OCH3 is 1. The van der Waals surface area contributed by atoms with Crippen LogP contribution in [-0.4, -0.2) is 61.4 Å². The second kappa shape index (κ2) is 11.5. The van der Waals surface area contributed by atoms with Crippen molar-refractivity contribution in [2.45, 2.75) is 46.8 Å². The minimum Gasteiger partial charge on any atom is -0.383 e. The van der Waals surface area contributed by atoms with Crippen molar-refractivity contribution in [1.82, 2.24) is 4.90 Å². The van der Waals surface area contributed by atoms with Gasteiger partial charge in [-0.05, 0) is 44.5 Å². The lowest BCUT2D eigenvalue weighted by Crippen LogP contribution is -2.71. The summed E-state index contributed by atoms with van der Waals surface area (Å²) in [6.45, 7) is 0.374. The molecule has 0 saturated carbocycles. The first kappa shape index (κ1) is 35.7. The van der Waals surface area contributed by atoms with Crippen molar-refractivity contribution < 1.29 is 33.3 Å². The van der Waals surface area contributed by atoms with Crippen LogP contribution < -0.4 is 0 Å². The summed E-state index contributed by atoms with van der Waals surface area (Å²) in [5, 5.41) is 0. The standard InChI is InChI=1S/C55H43NO7/c1-59-31-30-56-48(57)50-44-40-41(53(33-20-8-3-9-21-33)37-27-15-14-26-36(37)52(40,62-53)32-18-6-2-7-19-32)45(60-44)51(50,49(56)58)47-43-42(46(50)61-47)54(34-22-10-4-11-23-34)38-28-16-17-29-39(38)55(43,63-54)35-24-12-5-13-25-35/h2-29,40-47H,30-31H2,1H3. The van der Waals surface area contributed by atoms with E-state index in [-0.39, 0.29) is 48.6 Å². The summed E-state index contributed by atoms with van der Waals surface area (Å²) in [7, 11) is 1.62. The number of carbonyl (C=O) groups excluding carboxylic acids is 2. The van der Waals surface area contributed by atoms with Gasteiger partial charge in [-0.1, -0.05) is 170 Å². The quantitative estimate of drug-likeness (QED) is 0.155. The summed E-state index contributed by atoms with van der Waals surface area (Å²) in [5.41, 5.74) is 1.60. The van der Waals surface area contributed by atoms with E-state index < -0.39 is 57.7 Å². The van der Waals surface area contributed by atoms with E-state index in [1.54, 1.807) is 7.11 Å². The zero-order valence-corrected chi connectivity index (χ0v) is 34.5. The molecule has 9 heterocycles. The Bertz CT molecular complexity index is 2580. The fraction of sp³-hybridized carbons (Fsp3) is 0.309. The Labute approximate surface area is 364 Å². The minimum atomic E-state index is -1.39. The monoisotopic (exact) mass is 829 g/mol. The SMILES string of the molecule is COCCN1C(=O)C23C4OC(C5C4C4(c6ccccc6)OC5(c5ccccc5)c5ccccc54)C2(C1=O)C1OC3C2C1C1(c3ccccc3)OC2(c2ccccc2)c2ccccc21. The average molecular weight is 830 g/mol. The van der Waals surface area contributed by atoms with Crippen molar-refractivity contribution in [2.24, 2.45) is 34.5 Å². The fourth-order valence-electron chi connectivity index (χ4n) is 16.2. The van der Waals surface area contributed by atoms with E-state index in [0.29, 0.717) is 0 Å². The van der Waals surface area contributed by atoms with Gasteiger partial charge in [0.2, 0.25) is 11.8 Å². The number of fused-ring (bicyclic) bond motifs is 24. The van der Waals surface area contributed by atoms with Gasteiger partial charge in [-0.15, -0.1) is 0 Å². The molecule has 6 aromatic carbocycles. The number of nitrogens with zero attached hydrogens (tertiary/aromatic N) is 1. The maximum Gasteiger partial charge on any atom is 0.242 e. The van der Waals surface area contributed by atoms with Gasteiger partial charge in [0.15, 0.2) is 0 Å². The number of likely N-dealkylation sites (tertiary alicyclic amines) is 1. The molecule has 9 aliphatic rings. The number of rotatable bonds is 7. The molecule has 7 saturated heterocycles. The molecule has 9 aliphatic heterocycles. The topological polar surface area (TPSA) is 83.5 Å². The van der Waals surface area contributed by atoms with Crippen LogP contribution in [0.25, 0.3) is 0 Å². The van der Waals surface area contributed by atoms with E-state index in [2.05, 4.69) is 146 Å². The zero-order valence-electron chi connectivity index (χ0n) is 34.5. The Morgan fingerprint density at radius 2 is 0.698 bits per heavy atom. The molecule has 8 heteroatoms. The molecule has 0 aliphatic carbocycles. The van der Waals surface area contributed by atoms with Crippen LogP contribution in [0.2, 0.25) is 0 Å². The third-order valence-electron chi connectivity index (χ3n) is 17.6. The van der Waals surface area contributed by atoms with Gasteiger partial charge in [-0.3, -0.25) is 14.5 Å². The van der Waals surface area contributed by atoms with Crippen LogP contribution in [0.1, 0.15) is 44.5 Å². The molecular weight excluding hydrogens is 787 g/mol. The second-order valence-corrected chi connectivity index (χ2v) is 19.3. The van der Waals surface area contributed by atoms with E-state index in [1.165, 1.54) is 4.90 Å². The summed E-state index contributed by atoms with van der Waals surface area (Å²) >= 11 is 0. The molecule has 6 aromatic rings. The Morgan fingerprint density at radius 1 is 0.429 bits per heavy atom. The molecule has 8 nitrogen and oxygen atoms in total. The smallest absolute Gasteiger partial charge is 0.242 e. The van der Waals surface area contributed by atoms with Gasteiger partial charge in [0.05, 0.1) is 37.6 Å². The Kier molecular flexibility index (Phi) is 6.51. The summed E-state index contributed by atoms with van der Waals surface area (Å²) in [6, 6.07) is 59.2. The van der Waals surface area contributed by atoms with Crippen molar-refractivity contribution in [2.75, 3.05) is 20.3 Å². The van der Waals surface area contributed by atoms with Crippen LogP contribution >= 0.6 is 0 Å². The van der Waals surface area contributed by atoms with Gasteiger partial charge < -0.3 is 23.7 Å². The number of ether oxygens (including phenoxy) is 5. The molecule has 15 rings (SSSR count). The minimum absolute atomic E-state index is 0.149. The van der Waals surface area contributed by atoms with Crippen molar-refractivity contribution in [3.63, 3.8) is 0 Å². The number of hydrogen-bond acceptors (Lipinski definition) is 7. The lowest BCUT2D eigenvalue weighted by molar-refractivity contribution is -0.166. The molecule has 0 radical (unpaired) electrons. The van der Waals surface area contributed by atoms with E-state index in [4.69, 9.17) is 23.7 Å². The van der Waals surface area contributed by atoms with Crippen LogP contribution in [0.3, 0.4) is 0 Å². The highest BCUT2D eigenvalue weighted by Gasteiger charge is 3.01. The number of benzene rings is 6. The lowest BCUT2D eigenvalue weighted by Gasteiger charge is -2.56. The molecule has 2 amide bonds. The molecule has 8 bridgehead atoms. The van der Waals surface area contributed by atoms with Crippen LogP contribution in [-0.2, 0) is 55.7 Å². The number of carbonyl (C=O) groups is 2. The Morgan fingerprint density at radius 3 is 0.968 bits per heavy atom. The molecule has 12 unspecified atom stereocenters. The van der Waals surface area contributed by atoms with E-state index in [9.17, 15) is 0 Å². The van der Waals surface area contributed by atoms with Crippen molar-refractivity contribution in [3.8, 4) is 0 Å². The summed E-state index contributed by atoms with van der Waals surface area (Å²) in [5.74, 6) is -1.84. The molecule has 63 heavy (non-hydrogen) atoms. The maximum absolute atomic E-state index is 16.4. The first-order valence-corrected chi connectivity index (χ1v) is 22.5. The van der Waals surface area contributed by atoms with Gasteiger partial charge in [-0.2, -0.15) is 0 Å². The predicted molar refractivity (Wildman–Crippen MR) is 229 cm³/mol. The molecule has 12 atom stereocenters. The molecule has 7 fully saturated rings. The summed E-state index contributed by atoms with van der Waals surface area (Å²) in [6.07, 6.45) is -2.94. The van der Waals surface area contributed by atoms with Crippen LogP contribution in [0.5, 0.6) is 0 Å². The van der Waals surface area contributed by atoms with Gasteiger partial charge in [0.25, 0.3) is 0 Å². The first-order chi connectivity index (χ1) is 31.0. The summed E-state index contributed by atoms with van der Waals surface area (Å²) < 4.78 is 37.1. The van der Waals surface area contributed by atoms with E-state index in [0.717, 1.165) is 44.5 Å². The van der Waals surface area contributed by atoms with Crippen LogP contribution in [0, 0.1) is 34.5 Å². The molecule has 0 aromatic heterocycles. The van der Waals surface area contributed by atoms with Gasteiger partial charge >= 0.3 is 0 Å². The lowest BCUT2D eigenvalue weighted by atomic mass is 9.38. The molecule has 0 spiro atoms. The highest BCUT2D eigenvalue weighted by molar-refractivity contribution is 6.13. The van der Waals surface area contributed by atoms with Gasteiger partial charge in [0, 0.05) is 30.8 Å². The molecule has 0 N–H and O–H groups in total. The second-order valence-electron chi connectivity index (χ2n) is 19.3. The van der Waals surface area contributed by atoms with Crippen molar-refractivity contribution in [1.29, 1.82) is 0 Å². The van der Waals surface area contributed by atoms with Gasteiger partial charge in [-0.25, -0.2) is 0 Å². The maximum atomic E-state index is 16.4. The molecule has 310 valence electrons. The number of imide groups is 1. The van der Waals surface area contributed by atoms with Crippen LogP contribution in [0.4, 0.5) is 0 Å². The fourth-order valence-corrected chi connectivity index (χ4v) is 16.2. The highest BCUT2D eigenvalue weighted by Crippen LogP contribution is 2.89. The van der Waals surface area contributed by atoms with Crippen molar-refractivity contribution >= 4 is 11.8 Å².